The molecule has 0 N–H and O–H groups in total. The summed E-state index contributed by atoms with van der Waals surface area (Å²) in [5.74, 6) is 0.352. The van der Waals surface area contributed by atoms with Gasteiger partial charge in [-0.15, -0.1) is 0 Å². The molecule has 8 nitrogen and oxygen atoms in total. The van der Waals surface area contributed by atoms with Crippen LogP contribution in [0.1, 0.15) is 18.2 Å². The topological polar surface area (TPSA) is 119 Å². The maximum absolute atomic E-state index is 11.6. The van der Waals surface area contributed by atoms with Crippen LogP contribution in [0, 0.1) is 21.4 Å². The van der Waals surface area contributed by atoms with Crippen LogP contribution in [0.5, 0.6) is 11.6 Å². The van der Waals surface area contributed by atoms with Gasteiger partial charge in [-0.25, -0.2) is 4.79 Å². The van der Waals surface area contributed by atoms with Crippen LogP contribution in [0.4, 0.5) is 5.69 Å². The fourth-order valence-corrected chi connectivity index (χ4v) is 2.41. The van der Waals surface area contributed by atoms with Crippen molar-refractivity contribution >= 4 is 16.7 Å². The van der Waals surface area contributed by atoms with Crippen molar-refractivity contribution < 1.29 is 14.1 Å². The number of benzene rings is 1. The SMILES string of the molecule is CCc1cc(=O)oc2cc(Oc3ccc([N+](=O)[O-])c(C#N)n3)ccc12. The highest BCUT2D eigenvalue weighted by Gasteiger charge is 2.16. The molecule has 0 saturated heterocycles. The molecule has 0 aliphatic carbocycles. The molecule has 0 unspecified atom stereocenters. The van der Waals surface area contributed by atoms with Crippen LogP contribution < -0.4 is 10.4 Å². The van der Waals surface area contributed by atoms with Crippen LogP contribution in [-0.2, 0) is 6.42 Å². The summed E-state index contributed by atoms with van der Waals surface area (Å²) in [5, 5.41) is 20.6. The molecule has 2 heterocycles. The zero-order valence-corrected chi connectivity index (χ0v) is 13.1. The molecular weight excluding hydrogens is 326 g/mol. The minimum Gasteiger partial charge on any atom is -0.439 e. The van der Waals surface area contributed by atoms with Gasteiger partial charge in [-0.2, -0.15) is 10.2 Å². The highest BCUT2D eigenvalue weighted by Crippen LogP contribution is 2.27. The van der Waals surface area contributed by atoms with E-state index in [9.17, 15) is 14.9 Å². The molecular formula is C17H11N3O5. The Kier molecular flexibility index (Phi) is 4.14. The van der Waals surface area contributed by atoms with Gasteiger partial charge in [0, 0.05) is 29.7 Å². The van der Waals surface area contributed by atoms with Gasteiger partial charge in [0.25, 0.3) is 0 Å². The maximum Gasteiger partial charge on any atom is 0.336 e. The zero-order valence-electron chi connectivity index (χ0n) is 13.1. The molecule has 25 heavy (non-hydrogen) atoms. The van der Waals surface area contributed by atoms with Gasteiger partial charge in [0.1, 0.15) is 17.4 Å². The fraction of sp³-hybridized carbons (Fsp3) is 0.118. The van der Waals surface area contributed by atoms with Crippen molar-refractivity contribution in [3.05, 3.63) is 68.2 Å². The number of nitro groups is 1. The maximum atomic E-state index is 11.6. The van der Waals surface area contributed by atoms with E-state index in [4.69, 9.17) is 14.4 Å². The quantitative estimate of drug-likeness (QED) is 0.407. The van der Waals surface area contributed by atoms with E-state index in [2.05, 4.69) is 4.98 Å². The van der Waals surface area contributed by atoms with E-state index in [1.807, 2.05) is 6.92 Å². The van der Waals surface area contributed by atoms with Gasteiger partial charge >= 0.3 is 11.3 Å². The van der Waals surface area contributed by atoms with E-state index in [-0.39, 0.29) is 11.6 Å². The van der Waals surface area contributed by atoms with Crippen molar-refractivity contribution in [1.82, 2.24) is 4.98 Å². The Morgan fingerprint density at radius 2 is 2.12 bits per heavy atom. The number of nitriles is 1. The lowest BCUT2D eigenvalue weighted by molar-refractivity contribution is -0.385. The number of hydrogen-bond acceptors (Lipinski definition) is 7. The summed E-state index contributed by atoms with van der Waals surface area (Å²) in [5.41, 5.74) is 0.0269. The molecule has 2 aromatic heterocycles. The van der Waals surface area contributed by atoms with Gasteiger partial charge in [0.05, 0.1) is 4.92 Å². The highest BCUT2D eigenvalue weighted by molar-refractivity contribution is 5.81. The molecule has 3 aromatic rings. The predicted octanol–water partition coefficient (Wildman–Crippen LogP) is 3.32. The van der Waals surface area contributed by atoms with Gasteiger partial charge in [0.15, 0.2) is 0 Å². The van der Waals surface area contributed by atoms with E-state index >= 15 is 0 Å². The van der Waals surface area contributed by atoms with Gasteiger partial charge in [-0.05, 0) is 24.1 Å². The number of fused-ring (bicyclic) bond motifs is 1. The summed E-state index contributed by atoms with van der Waals surface area (Å²) in [6, 6.07) is 10.5. The number of pyridine rings is 1. The predicted molar refractivity (Wildman–Crippen MR) is 87.5 cm³/mol. The summed E-state index contributed by atoms with van der Waals surface area (Å²) in [4.78, 5) is 25.6. The fourth-order valence-electron chi connectivity index (χ4n) is 2.41. The molecule has 0 amide bonds. The molecule has 8 heteroatoms. The molecule has 0 bridgehead atoms. The first-order chi connectivity index (χ1) is 12.0. The molecule has 124 valence electrons. The molecule has 0 spiro atoms. The number of ether oxygens (including phenoxy) is 1. The number of aryl methyl sites for hydroxylation is 1. The van der Waals surface area contributed by atoms with Gasteiger partial charge < -0.3 is 9.15 Å². The van der Waals surface area contributed by atoms with Gasteiger partial charge in [0.2, 0.25) is 11.6 Å². The molecule has 0 atom stereocenters. The average molecular weight is 337 g/mol. The normalized spacial score (nSPS) is 10.4. The lowest BCUT2D eigenvalue weighted by atomic mass is 10.1. The molecule has 3 rings (SSSR count). The van der Waals surface area contributed by atoms with Crippen LogP contribution >= 0.6 is 0 Å². The van der Waals surface area contributed by atoms with Crippen LogP contribution in [0.2, 0.25) is 0 Å². The number of rotatable bonds is 4. The van der Waals surface area contributed by atoms with Crippen LogP contribution in [0.3, 0.4) is 0 Å². The number of nitrogens with zero attached hydrogens (tertiary/aromatic N) is 3. The van der Waals surface area contributed by atoms with Crippen molar-refractivity contribution in [2.45, 2.75) is 13.3 Å². The Morgan fingerprint density at radius 3 is 2.80 bits per heavy atom. The smallest absolute Gasteiger partial charge is 0.336 e. The van der Waals surface area contributed by atoms with Crippen molar-refractivity contribution in [3.8, 4) is 17.7 Å². The first-order valence-electron chi connectivity index (χ1n) is 7.32. The van der Waals surface area contributed by atoms with E-state index in [1.165, 1.54) is 18.2 Å². The van der Waals surface area contributed by atoms with Crippen molar-refractivity contribution in [2.75, 3.05) is 0 Å². The van der Waals surface area contributed by atoms with E-state index in [0.717, 1.165) is 17.0 Å². The zero-order chi connectivity index (χ0) is 18.0. The van der Waals surface area contributed by atoms with Gasteiger partial charge in [-0.1, -0.05) is 6.92 Å². The third-order valence-electron chi connectivity index (χ3n) is 3.56. The Morgan fingerprint density at radius 1 is 1.32 bits per heavy atom. The highest BCUT2D eigenvalue weighted by atomic mass is 16.6. The summed E-state index contributed by atoms with van der Waals surface area (Å²) in [6.07, 6.45) is 0.678. The first-order valence-corrected chi connectivity index (χ1v) is 7.32. The second-order valence-electron chi connectivity index (χ2n) is 5.09. The van der Waals surface area contributed by atoms with Crippen LogP contribution in [-0.4, -0.2) is 9.91 Å². The van der Waals surface area contributed by atoms with Crippen LogP contribution in [0.25, 0.3) is 11.0 Å². The van der Waals surface area contributed by atoms with Crippen molar-refractivity contribution in [2.24, 2.45) is 0 Å². The summed E-state index contributed by atoms with van der Waals surface area (Å²) in [6.45, 7) is 1.93. The standard InChI is InChI=1S/C17H11N3O5/c1-2-10-7-17(21)25-15-8-11(3-4-12(10)15)24-16-6-5-14(20(22)23)13(9-18)19-16/h3-8H,2H2,1H3. The molecule has 0 radical (unpaired) electrons. The minimum atomic E-state index is -0.688. The van der Waals surface area contributed by atoms with Crippen molar-refractivity contribution in [1.29, 1.82) is 5.26 Å². The number of aromatic nitrogens is 1. The summed E-state index contributed by atoms with van der Waals surface area (Å²) >= 11 is 0. The molecule has 1 aromatic carbocycles. The lowest BCUT2D eigenvalue weighted by Crippen LogP contribution is -2.00. The largest absolute Gasteiger partial charge is 0.439 e. The Bertz CT molecular complexity index is 1080. The molecule has 0 fully saturated rings. The third-order valence-corrected chi connectivity index (χ3v) is 3.56. The average Bonchev–Trinajstić information content (AvgIpc) is 2.60. The second kappa shape index (κ2) is 6.41. The van der Waals surface area contributed by atoms with Crippen LogP contribution in [0.15, 0.2) is 45.6 Å². The number of hydrogen-bond donors (Lipinski definition) is 0. The monoisotopic (exact) mass is 337 g/mol. The molecule has 0 saturated carbocycles. The van der Waals surface area contributed by atoms with E-state index < -0.39 is 16.2 Å². The van der Waals surface area contributed by atoms with E-state index in [0.29, 0.717) is 17.8 Å². The molecule has 0 aliphatic heterocycles. The third kappa shape index (κ3) is 3.16. The summed E-state index contributed by atoms with van der Waals surface area (Å²) < 4.78 is 10.7. The second-order valence-corrected chi connectivity index (χ2v) is 5.09. The lowest BCUT2D eigenvalue weighted by Gasteiger charge is -2.07. The van der Waals surface area contributed by atoms with Gasteiger partial charge in [-0.3, -0.25) is 10.1 Å². The van der Waals surface area contributed by atoms with E-state index in [1.54, 1.807) is 18.2 Å². The Hall–Kier alpha value is -3.73. The summed E-state index contributed by atoms with van der Waals surface area (Å²) in [7, 11) is 0. The van der Waals surface area contributed by atoms with Crippen molar-refractivity contribution in [3.63, 3.8) is 0 Å². The Labute approximate surface area is 141 Å². The molecule has 0 aliphatic rings. The Balaban J connectivity index is 2.00. The minimum absolute atomic E-state index is 0.0236. The first kappa shape index (κ1) is 16.1.